The zero-order valence-corrected chi connectivity index (χ0v) is 13.5. The van der Waals surface area contributed by atoms with Gasteiger partial charge in [-0.1, -0.05) is 12.1 Å². The smallest absolute Gasteiger partial charge is 0.309 e. The summed E-state index contributed by atoms with van der Waals surface area (Å²) in [5.41, 5.74) is -0.593. The van der Waals surface area contributed by atoms with Crippen molar-refractivity contribution < 1.29 is 23.8 Å². The zero-order chi connectivity index (χ0) is 17.6. The van der Waals surface area contributed by atoms with E-state index < -0.39 is 17.4 Å². The number of benzene rings is 1. The van der Waals surface area contributed by atoms with E-state index in [0.717, 1.165) is 5.56 Å². The van der Waals surface area contributed by atoms with Gasteiger partial charge < -0.3 is 24.9 Å². The molecule has 24 heavy (non-hydrogen) atoms. The summed E-state index contributed by atoms with van der Waals surface area (Å²) in [5, 5.41) is 15.1. The van der Waals surface area contributed by atoms with Gasteiger partial charge in [0.15, 0.2) is 0 Å². The number of rotatable bonds is 6. The van der Waals surface area contributed by atoms with E-state index in [1.165, 1.54) is 13.2 Å². The Labute approximate surface area is 139 Å². The standard InChI is InChI=1S/C17H20N2O5/c1-17(22,14-7-4-8-24-14)11-19-16(21)15(20)18-10-12-5-3-6-13(9-12)23-2/h3-9,22H,10-11H2,1-2H3,(H,18,20)(H,19,21)/t17-/m1/s1. The molecule has 2 amide bonds. The molecule has 1 aromatic carbocycles. The van der Waals surface area contributed by atoms with E-state index in [4.69, 9.17) is 9.15 Å². The first-order valence-electron chi connectivity index (χ1n) is 7.37. The highest BCUT2D eigenvalue weighted by Crippen LogP contribution is 2.19. The molecule has 1 atom stereocenters. The molecule has 0 bridgehead atoms. The molecule has 1 aromatic heterocycles. The fraction of sp³-hybridized carbons (Fsp3) is 0.294. The number of amides is 2. The highest BCUT2D eigenvalue weighted by atomic mass is 16.5. The summed E-state index contributed by atoms with van der Waals surface area (Å²) in [6, 6.07) is 10.4. The number of carbonyl (C=O) groups excluding carboxylic acids is 2. The van der Waals surface area contributed by atoms with Crippen LogP contribution >= 0.6 is 0 Å². The molecule has 3 N–H and O–H groups in total. The van der Waals surface area contributed by atoms with Crippen LogP contribution < -0.4 is 15.4 Å². The summed E-state index contributed by atoms with van der Waals surface area (Å²) in [4.78, 5) is 23.6. The van der Waals surface area contributed by atoms with Crippen LogP contribution in [0, 0.1) is 0 Å². The molecular weight excluding hydrogens is 312 g/mol. The van der Waals surface area contributed by atoms with Crippen molar-refractivity contribution in [1.82, 2.24) is 10.6 Å². The molecule has 128 valence electrons. The van der Waals surface area contributed by atoms with Crippen molar-refractivity contribution in [3.63, 3.8) is 0 Å². The van der Waals surface area contributed by atoms with Gasteiger partial charge in [0, 0.05) is 6.54 Å². The van der Waals surface area contributed by atoms with Crippen molar-refractivity contribution in [1.29, 1.82) is 0 Å². The Balaban J connectivity index is 1.83. The maximum Gasteiger partial charge on any atom is 0.309 e. The third-order valence-corrected chi connectivity index (χ3v) is 3.44. The lowest BCUT2D eigenvalue weighted by molar-refractivity contribution is -0.140. The van der Waals surface area contributed by atoms with Crippen molar-refractivity contribution in [3.05, 3.63) is 54.0 Å². The van der Waals surface area contributed by atoms with Crippen molar-refractivity contribution in [2.24, 2.45) is 0 Å². The van der Waals surface area contributed by atoms with Crippen LogP contribution in [0.2, 0.25) is 0 Å². The lowest BCUT2D eigenvalue weighted by Crippen LogP contribution is -2.45. The summed E-state index contributed by atoms with van der Waals surface area (Å²) in [6.45, 7) is 1.53. The van der Waals surface area contributed by atoms with Gasteiger partial charge in [-0.05, 0) is 36.8 Å². The number of methoxy groups -OCH3 is 1. The molecule has 7 heteroatoms. The number of nitrogens with one attached hydrogen (secondary N) is 2. The molecule has 0 radical (unpaired) electrons. The maximum atomic E-state index is 11.8. The molecule has 2 aromatic rings. The average molecular weight is 332 g/mol. The first-order valence-corrected chi connectivity index (χ1v) is 7.37. The third-order valence-electron chi connectivity index (χ3n) is 3.44. The van der Waals surface area contributed by atoms with Gasteiger partial charge in [-0.2, -0.15) is 0 Å². The van der Waals surface area contributed by atoms with Crippen LogP contribution in [0.1, 0.15) is 18.2 Å². The lowest BCUT2D eigenvalue weighted by Gasteiger charge is -2.20. The fourth-order valence-corrected chi connectivity index (χ4v) is 2.05. The Kier molecular flexibility index (Phi) is 5.59. The minimum atomic E-state index is -1.40. The SMILES string of the molecule is COc1cccc(CNC(=O)C(=O)NC[C@@](C)(O)c2ccco2)c1. The van der Waals surface area contributed by atoms with Crippen LogP contribution in [0.4, 0.5) is 0 Å². The summed E-state index contributed by atoms with van der Waals surface area (Å²) >= 11 is 0. The maximum absolute atomic E-state index is 11.8. The number of hydrogen-bond donors (Lipinski definition) is 3. The Morgan fingerprint density at radius 2 is 1.96 bits per heavy atom. The Bertz CT molecular complexity index is 695. The van der Waals surface area contributed by atoms with Gasteiger partial charge >= 0.3 is 11.8 Å². The van der Waals surface area contributed by atoms with Gasteiger partial charge in [-0.25, -0.2) is 0 Å². The van der Waals surface area contributed by atoms with Crippen molar-refractivity contribution in [2.75, 3.05) is 13.7 Å². The summed E-state index contributed by atoms with van der Waals surface area (Å²) in [7, 11) is 1.55. The normalized spacial score (nSPS) is 13.0. The minimum Gasteiger partial charge on any atom is -0.497 e. The molecule has 2 rings (SSSR count). The van der Waals surface area contributed by atoms with Gasteiger partial charge in [0.25, 0.3) is 0 Å². The highest BCUT2D eigenvalue weighted by molar-refractivity contribution is 6.35. The molecule has 0 unspecified atom stereocenters. The van der Waals surface area contributed by atoms with Gasteiger partial charge in [0.05, 0.1) is 19.9 Å². The van der Waals surface area contributed by atoms with E-state index in [-0.39, 0.29) is 13.1 Å². The predicted molar refractivity (Wildman–Crippen MR) is 86.1 cm³/mol. The van der Waals surface area contributed by atoms with E-state index in [2.05, 4.69) is 10.6 Å². The average Bonchev–Trinajstić information content (AvgIpc) is 3.13. The van der Waals surface area contributed by atoms with E-state index >= 15 is 0 Å². The molecule has 1 heterocycles. The first kappa shape index (κ1) is 17.6. The second-order valence-electron chi connectivity index (χ2n) is 5.47. The Morgan fingerprint density at radius 1 is 1.21 bits per heavy atom. The molecule has 0 saturated heterocycles. The van der Waals surface area contributed by atoms with Crippen molar-refractivity contribution in [2.45, 2.75) is 19.1 Å². The van der Waals surface area contributed by atoms with E-state index in [1.807, 2.05) is 6.07 Å². The zero-order valence-electron chi connectivity index (χ0n) is 13.5. The number of aliphatic hydroxyl groups is 1. The number of furan rings is 1. The Morgan fingerprint density at radius 3 is 2.62 bits per heavy atom. The molecule has 0 fully saturated rings. The van der Waals surface area contributed by atoms with Gasteiger partial charge in [0.1, 0.15) is 17.1 Å². The highest BCUT2D eigenvalue weighted by Gasteiger charge is 2.27. The molecule has 0 spiro atoms. The summed E-state index contributed by atoms with van der Waals surface area (Å²) < 4.78 is 10.2. The van der Waals surface area contributed by atoms with Crippen LogP contribution in [-0.2, 0) is 21.7 Å². The summed E-state index contributed by atoms with van der Waals surface area (Å²) in [5.74, 6) is -0.641. The third kappa shape index (κ3) is 4.60. The second-order valence-corrected chi connectivity index (χ2v) is 5.47. The fourth-order valence-electron chi connectivity index (χ4n) is 2.05. The molecule has 0 saturated carbocycles. The number of hydrogen-bond acceptors (Lipinski definition) is 5. The minimum absolute atomic E-state index is 0.147. The van der Waals surface area contributed by atoms with E-state index in [0.29, 0.717) is 11.5 Å². The van der Waals surface area contributed by atoms with E-state index in [1.54, 1.807) is 37.4 Å². The number of ether oxygens (including phenoxy) is 1. The monoisotopic (exact) mass is 332 g/mol. The first-order chi connectivity index (χ1) is 11.4. The van der Waals surface area contributed by atoms with Gasteiger partial charge in [0.2, 0.25) is 0 Å². The van der Waals surface area contributed by atoms with Gasteiger partial charge in [-0.3, -0.25) is 9.59 Å². The predicted octanol–water partition coefficient (Wildman–Crippen LogP) is 0.928. The van der Waals surface area contributed by atoms with Crippen LogP contribution in [0.15, 0.2) is 47.1 Å². The van der Waals surface area contributed by atoms with Crippen LogP contribution in [0.25, 0.3) is 0 Å². The van der Waals surface area contributed by atoms with Crippen LogP contribution in [-0.4, -0.2) is 30.6 Å². The second kappa shape index (κ2) is 7.65. The van der Waals surface area contributed by atoms with Crippen molar-refractivity contribution >= 4 is 11.8 Å². The largest absolute Gasteiger partial charge is 0.497 e. The summed E-state index contributed by atoms with van der Waals surface area (Å²) in [6.07, 6.45) is 1.42. The molecule has 0 aliphatic heterocycles. The van der Waals surface area contributed by atoms with E-state index in [9.17, 15) is 14.7 Å². The van der Waals surface area contributed by atoms with Crippen LogP contribution in [0.3, 0.4) is 0 Å². The molecule has 7 nitrogen and oxygen atoms in total. The number of carbonyl (C=O) groups is 2. The van der Waals surface area contributed by atoms with Crippen molar-refractivity contribution in [3.8, 4) is 5.75 Å². The van der Waals surface area contributed by atoms with Crippen LogP contribution in [0.5, 0.6) is 5.75 Å². The topological polar surface area (TPSA) is 101 Å². The van der Waals surface area contributed by atoms with Gasteiger partial charge in [-0.15, -0.1) is 0 Å². The molecule has 0 aliphatic rings. The Hall–Kier alpha value is -2.80. The molecule has 0 aliphatic carbocycles. The molecular formula is C17H20N2O5. The quantitative estimate of drug-likeness (QED) is 0.683. The lowest BCUT2D eigenvalue weighted by atomic mass is 10.0.